The van der Waals surface area contributed by atoms with Crippen molar-refractivity contribution in [1.29, 1.82) is 0 Å². The van der Waals surface area contributed by atoms with E-state index in [0.717, 1.165) is 17.0 Å². The molecule has 134 valence electrons. The van der Waals surface area contributed by atoms with Gasteiger partial charge in [0.2, 0.25) is 5.91 Å². The SMILES string of the molecule is COc1ccccc1CN(C)C(C)C(=O)Nc1ccc(C(C)C)cc1. The van der Waals surface area contributed by atoms with Crippen LogP contribution in [0.2, 0.25) is 0 Å². The number of carbonyl (C=O) groups excluding carboxylic acids is 1. The summed E-state index contributed by atoms with van der Waals surface area (Å²) in [5.74, 6) is 1.30. The first kappa shape index (κ1) is 19.0. The molecule has 0 bridgehead atoms. The molecule has 0 heterocycles. The molecule has 2 rings (SSSR count). The number of nitrogens with one attached hydrogen (secondary N) is 1. The highest BCUT2D eigenvalue weighted by molar-refractivity contribution is 5.94. The number of amides is 1. The van der Waals surface area contributed by atoms with Gasteiger partial charge in [-0.25, -0.2) is 0 Å². The minimum absolute atomic E-state index is 0.0188. The Labute approximate surface area is 150 Å². The smallest absolute Gasteiger partial charge is 0.241 e. The van der Waals surface area contributed by atoms with Crippen LogP contribution in [0.15, 0.2) is 48.5 Å². The van der Waals surface area contributed by atoms with E-state index < -0.39 is 0 Å². The van der Waals surface area contributed by atoms with Crippen molar-refractivity contribution >= 4 is 11.6 Å². The zero-order chi connectivity index (χ0) is 18.4. The lowest BCUT2D eigenvalue weighted by molar-refractivity contribution is -0.120. The van der Waals surface area contributed by atoms with E-state index in [0.29, 0.717) is 12.5 Å². The van der Waals surface area contributed by atoms with E-state index in [1.807, 2.05) is 55.3 Å². The van der Waals surface area contributed by atoms with E-state index in [1.54, 1.807) is 7.11 Å². The standard InChI is InChI=1S/C21H28N2O2/c1-15(2)17-10-12-19(13-11-17)22-21(24)16(3)23(4)14-18-8-6-7-9-20(18)25-5/h6-13,15-16H,14H2,1-5H3,(H,22,24). The van der Waals surface area contributed by atoms with Gasteiger partial charge in [-0.3, -0.25) is 9.69 Å². The monoisotopic (exact) mass is 340 g/mol. The fourth-order valence-corrected chi connectivity index (χ4v) is 2.64. The second-order valence-electron chi connectivity index (χ2n) is 6.67. The van der Waals surface area contributed by atoms with Crippen molar-refractivity contribution < 1.29 is 9.53 Å². The van der Waals surface area contributed by atoms with Crippen molar-refractivity contribution in [1.82, 2.24) is 4.90 Å². The van der Waals surface area contributed by atoms with Crippen molar-refractivity contribution in [3.05, 3.63) is 59.7 Å². The van der Waals surface area contributed by atoms with Crippen molar-refractivity contribution in [2.24, 2.45) is 0 Å². The van der Waals surface area contributed by atoms with E-state index in [9.17, 15) is 4.79 Å². The van der Waals surface area contributed by atoms with Crippen LogP contribution >= 0.6 is 0 Å². The van der Waals surface area contributed by atoms with Crippen LogP contribution in [0.4, 0.5) is 5.69 Å². The number of nitrogens with zero attached hydrogens (tertiary/aromatic N) is 1. The molecule has 0 aromatic heterocycles. The minimum atomic E-state index is -0.255. The third-order valence-electron chi connectivity index (χ3n) is 4.50. The molecule has 2 aromatic rings. The number of carbonyl (C=O) groups is 1. The van der Waals surface area contributed by atoms with Gasteiger partial charge in [0.1, 0.15) is 5.75 Å². The van der Waals surface area contributed by atoms with E-state index >= 15 is 0 Å². The van der Waals surface area contributed by atoms with E-state index in [2.05, 4.69) is 31.3 Å². The lowest BCUT2D eigenvalue weighted by Gasteiger charge is -2.24. The first-order chi connectivity index (χ1) is 11.9. The van der Waals surface area contributed by atoms with Gasteiger partial charge in [0.15, 0.2) is 0 Å². The minimum Gasteiger partial charge on any atom is -0.496 e. The molecule has 1 unspecified atom stereocenters. The molecule has 0 spiro atoms. The van der Waals surface area contributed by atoms with Crippen LogP contribution in [0.3, 0.4) is 0 Å². The van der Waals surface area contributed by atoms with Gasteiger partial charge in [0, 0.05) is 17.8 Å². The summed E-state index contributed by atoms with van der Waals surface area (Å²) < 4.78 is 5.39. The van der Waals surface area contributed by atoms with Gasteiger partial charge in [-0.15, -0.1) is 0 Å². The Kier molecular flexibility index (Phi) is 6.59. The normalized spacial score (nSPS) is 12.3. The Hall–Kier alpha value is -2.33. The largest absolute Gasteiger partial charge is 0.496 e. The maximum Gasteiger partial charge on any atom is 0.241 e. The van der Waals surface area contributed by atoms with Gasteiger partial charge in [-0.1, -0.05) is 44.2 Å². The summed E-state index contributed by atoms with van der Waals surface area (Å²) in [5.41, 5.74) is 3.15. The number of anilines is 1. The highest BCUT2D eigenvalue weighted by Crippen LogP contribution is 2.20. The van der Waals surface area contributed by atoms with E-state index in [1.165, 1.54) is 5.56 Å². The number of ether oxygens (including phenoxy) is 1. The number of hydrogen-bond donors (Lipinski definition) is 1. The molecule has 1 N–H and O–H groups in total. The Balaban J connectivity index is 1.98. The molecule has 0 aliphatic carbocycles. The molecule has 0 saturated carbocycles. The van der Waals surface area contributed by atoms with Crippen molar-refractivity contribution in [2.75, 3.05) is 19.5 Å². The van der Waals surface area contributed by atoms with E-state index in [4.69, 9.17) is 4.74 Å². The highest BCUT2D eigenvalue weighted by Gasteiger charge is 2.19. The third kappa shape index (κ3) is 5.07. The molecule has 0 aliphatic rings. The molecule has 25 heavy (non-hydrogen) atoms. The molecule has 0 aliphatic heterocycles. The topological polar surface area (TPSA) is 41.6 Å². The summed E-state index contributed by atoms with van der Waals surface area (Å²) in [6.07, 6.45) is 0. The van der Waals surface area contributed by atoms with Crippen LogP contribution in [-0.2, 0) is 11.3 Å². The lowest BCUT2D eigenvalue weighted by atomic mass is 10.0. The number of para-hydroxylation sites is 1. The van der Waals surface area contributed by atoms with Crippen LogP contribution in [0.5, 0.6) is 5.75 Å². The Morgan fingerprint density at radius 3 is 2.32 bits per heavy atom. The second kappa shape index (κ2) is 8.67. The molecule has 4 heteroatoms. The fourth-order valence-electron chi connectivity index (χ4n) is 2.64. The summed E-state index contributed by atoms with van der Waals surface area (Å²) in [6.45, 7) is 6.86. The van der Waals surface area contributed by atoms with Crippen molar-refractivity contribution in [2.45, 2.75) is 39.3 Å². The van der Waals surface area contributed by atoms with Crippen molar-refractivity contribution in [3.8, 4) is 5.75 Å². The van der Waals surface area contributed by atoms with Gasteiger partial charge in [-0.05, 0) is 43.7 Å². The lowest BCUT2D eigenvalue weighted by Crippen LogP contribution is -2.39. The predicted molar refractivity (Wildman–Crippen MR) is 103 cm³/mol. The van der Waals surface area contributed by atoms with Gasteiger partial charge < -0.3 is 10.1 Å². The van der Waals surface area contributed by atoms with Crippen LogP contribution in [0.1, 0.15) is 37.8 Å². The maximum atomic E-state index is 12.5. The summed E-state index contributed by atoms with van der Waals surface area (Å²) in [6, 6.07) is 15.7. The Morgan fingerprint density at radius 1 is 1.08 bits per heavy atom. The summed E-state index contributed by atoms with van der Waals surface area (Å²) in [5, 5.41) is 2.99. The quantitative estimate of drug-likeness (QED) is 0.818. The van der Waals surface area contributed by atoms with Crippen LogP contribution in [-0.4, -0.2) is 31.0 Å². The maximum absolute atomic E-state index is 12.5. The molecule has 0 saturated heterocycles. The number of likely N-dealkylation sites (N-methyl/N-ethyl adjacent to an activating group) is 1. The number of methoxy groups -OCH3 is 1. The van der Waals surface area contributed by atoms with E-state index in [-0.39, 0.29) is 11.9 Å². The van der Waals surface area contributed by atoms with Crippen LogP contribution in [0.25, 0.3) is 0 Å². The van der Waals surface area contributed by atoms with Gasteiger partial charge in [-0.2, -0.15) is 0 Å². The van der Waals surface area contributed by atoms with Crippen molar-refractivity contribution in [3.63, 3.8) is 0 Å². The van der Waals surface area contributed by atoms with Gasteiger partial charge >= 0.3 is 0 Å². The molecule has 1 atom stereocenters. The van der Waals surface area contributed by atoms with Crippen LogP contribution in [0, 0.1) is 0 Å². The summed E-state index contributed by atoms with van der Waals surface area (Å²) in [4.78, 5) is 14.5. The zero-order valence-corrected chi connectivity index (χ0v) is 15.7. The van der Waals surface area contributed by atoms with Gasteiger partial charge in [0.05, 0.1) is 13.2 Å². The first-order valence-corrected chi connectivity index (χ1v) is 8.65. The molecule has 4 nitrogen and oxygen atoms in total. The number of benzene rings is 2. The summed E-state index contributed by atoms with van der Waals surface area (Å²) in [7, 11) is 3.61. The molecule has 0 radical (unpaired) electrons. The zero-order valence-electron chi connectivity index (χ0n) is 15.7. The highest BCUT2D eigenvalue weighted by atomic mass is 16.5. The molecular weight excluding hydrogens is 312 g/mol. The number of rotatable bonds is 7. The Bertz CT molecular complexity index is 695. The Morgan fingerprint density at radius 2 is 1.72 bits per heavy atom. The average molecular weight is 340 g/mol. The van der Waals surface area contributed by atoms with Gasteiger partial charge in [0.25, 0.3) is 0 Å². The number of hydrogen-bond acceptors (Lipinski definition) is 3. The molecule has 1 amide bonds. The molecule has 0 fully saturated rings. The molecular formula is C21H28N2O2. The summed E-state index contributed by atoms with van der Waals surface area (Å²) >= 11 is 0. The predicted octanol–water partition coefficient (Wildman–Crippen LogP) is 4.28. The molecule has 2 aromatic carbocycles. The second-order valence-corrected chi connectivity index (χ2v) is 6.67. The first-order valence-electron chi connectivity index (χ1n) is 8.65. The third-order valence-corrected chi connectivity index (χ3v) is 4.50. The van der Waals surface area contributed by atoms with Crippen LogP contribution < -0.4 is 10.1 Å². The fraction of sp³-hybridized carbons (Fsp3) is 0.381. The average Bonchev–Trinajstić information content (AvgIpc) is 2.61.